The van der Waals surface area contributed by atoms with Gasteiger partial charge in [-0.3, -0.25) is 4.79 Å². The molecule has 0 aliphatic heterocycles. The number of nitrogens with two attached hydrogens (primary N) is 1. The van der Waals surface area contributed by atoms with Crippen LogP contribution >= 0.6 is 0 Å². The molecule has 3 nitrogen and oxygen atoms in total. The Labute approximate surface area is 120 Å². The molecule has 0 bridgehead atoms. The zero-order valence-electron chi connectivity index (χ0n) is 12.9. The summed E-state index contributed by atoms with van der Waals surface area (Å²) in [7, 11) is 0. The maximum atomic E-state index is 11.3. The van der Waals surface area contributed by atoms with Crippen LogP contribution in [0.15, 0.2) is 24.3 Å². The van der Waals surface area contributed by atoms with Crippen molar-refractivity contribution in [2.75, 3.05) is 11.1 Å². The van der Waals surface area contributed by atoms with Gasteiger partial charge in [0, 0.05) is 20.1 Å². The van der Waals surface area contributed by atoms with Crippen LogP contribution in [0.1, 0.15) is 50.3 Å². The molecule has 19 heavy (non-hydrogen) atoms. The second kappa shape index (κ2) is 9.42. The Morgan fingerprint density at radius 2 is 1.84 bits per heavy atom. The van der Waals surface area contributed by atoms with Gasteiger partial charge in [-0.05, 0) is 24.1 Å². The third-order valence-corrected chi connectivity index (χ3v) is 3.07. The highest BCUT2D eigenvalue weighted by Gasteiger charge is 2.06. The fourth-order valence-electron chi connectivity index (χ4n) is 1.19. The van der Waals surface area contributed by atoms with Crippen molar-refractivity contribution in [3.8, 4) is 0 Å². The van der Waals surface area contributed by atoms with Gasteiger partial charge in [-0.2, -0.15) is 0 Å². The molecule has 0 saturated carbocycles. The third-order valence-electron chi connectivity index (χ3n) is 3.07. The van der Waals surface area contributed by atoms with Crippen LogP contribution in [0.4, 0.5) is 11.4 Å². The predicted octanol–water partition coefficient (Wildman–Crippen LogP) is 4.80. The smallest absolute Gasteiger partial charge is 0.226 e. The van der Waals surface area contributed by atoms with Gasteiger partial charge in [-0.15, -0.1) is 0 Å². The summed E-state index contributed by atoms with van der Waals surface area (Å²) in [5.74, 6) is 0.928. The van der Waals surface area contributed by atoms with E-state index in [0.717, 1.165) is 11.6 Å². The number of amides is 1. The number of rotatable bonds is 4. The standard InChI is InChI=1S/C10H14N2O.C6H14.2H2/c1-7(2)10(13)12-9-5-3-4-8(11)6-9;1-4-6(3)5-2;;/h3-7H,11H2,1-2H3,(H,12,13);6H,4-5H2,1-3H3;2*1H. The summed E-state index contributed by atoms with van der Waals surface area (Å²) in [5, 5.41) is 2.76. The Kier molecular flexibility index (Phi) is 8.68. The number of nitrogen functional groups attached to an aromatic ring is 1. The lowest BCUT2D eigenvalue weighted by Gasteiger charge is -2.07. The lowest BCUT2D eigenvalue weighted by molar-refractivity contribution is -0.118. The molecule has 0 atom stereocenters. The van der Waals surface area contributed by atoms with E-state index in [2.05, 4.69) is 26.1 Å². The molecule has 112 valence electrons. The van der Waals surface area contributed by atoms with Crippen LogP contribution in [0, 0.1) is 11.8 Å². The zero-order chi connectivity index (χ0) is 14.8. The van der Waals surface area contributed by atoms with E-state index in [1.807, 2.05) is 26.0 Å². The van der Waals surface area contributed by atoms with Crippen LogP contribution < -0.4 is 11.1 Å². The van der Waals surface area contributed by atoms with E-state index in [1.54, 1.807) is 12.1 Å². The molecule has 0 saturated heterocycles. The highest BCUT2D eigenvalue weighted by atomic mass is 16.1. The van der Waals surface area contributed by atoms with Gasteiger partial charge >= 0.3 is 0 Å². The summed E-state index contributed by atoms with van der Waals surface area (Å²) in [6.45, 7) is 10.4. The van der Waals surface area contributed by atoms with Gasteiger partial charge in [0.05, 0.1) is 0 Å². The first-order valence-corrected chi connectivity index (χ1v) is 7.07. The van der Waals surface area contributed by atoms with Crippen LogP contribution in [0.5, 0.6) is 0 Å². The van der Waals surface area contributed by atoms with E-state index in [4.69, 9.17) is 5.73 Å². The summed E-state index contributed by atoms with van der Waals surface area (Å²) in [5.41, 5.74) is 6.96. The maximum Gasteiger partial charge on any atom is 0.226 e. The van der Waals surface area contributed by atoms with Gasteiger partial charge < -0.3 is 11.1 Å². The van der Waals surface area contributed by atoms with E-state index in [0.29, 0.717) is 5.69 Å². The number of carbonyl (C=O) groups excluding carboxylic acids is 1. The molecular formula is C16H32N2O. The van der Waals surface area contributed by atoms with E-state index >= 15 is 0 Å². The molecule has 0 spiro atoms. The van der Waals surface area contributed by atoms with E-state index in [9.17, 15) is 4.79 Å². The van der Waals surface area contributed by atoms with Gasteiger partial charge in [0.2, 0.25) is 5.91 Å². The molecule has 0 aliphatic rings. The molecular weight excluding hydrogens is 236 g/mol. The Hall–Kier alpha value is -1.51. The molecule has 0 fully saturated rings. The number of carbonyl (C=O) groups is 1. The molecule has 0 heterocycles. The van der Waals surface area contributed by atoms with Crippen LogP contribution in [-0.4, -0.2) is 5.91 Å². The Morgan fingerprint density at radius 1 is 1.26 bits per heavy atom. The molecule has 1 rings (SSSR count). The maximum absolute atomic E-state index is 11.3. The van der Waals surface area contributed by atoms with Gasteiger partial charge in [-0.25, -0.2) is 0 Å². The molecule has 1 aromatic carbocycles. The molecule has 1 amide bonds. The number of anilines is 2. The molecule has 0 radical (unpaired) electrons. The van der Waals surface area contributed by atoms with E-state index in [-0.39, 0.29) is 14.7 Å². The quantitative estimate of drug-likeness (QED) is 0.771. The summed E-state index contributed by atoms with van der Waals surface area (Å²) in [6, 6.07) is 7.15. The highest BCUT2D eigenvalue weighted by Crippen LogP contribution is 2.12. The first kappa shape index (κ1) is 17.5. The van der Waals surface area contributed by atoms with Crippen molar-refractivity contribution in [1.29, 1.82) is 0 Å². The fraction of sp³-hybridized carbons (Fsp3) is 0.562. The van der Waals surface area contributed by atoms with Crippen molar-refractivity contribution in [2.45, 2.75) is 47.5 Å². The second-order valence-electron chi connectivity index (χ2n) is 5.19. The van der Waals surface area contributed by atoms with Crippen molar-refractivity contribution >= 4 is 17.3 Å². The third kappa shape index (κ3) is 8.25. The number of hydrogen-bond donors (Lipinski definition) is 2. The van der Waals surface area contributed by atoms with Gasteiger partial charge in [0.25, 0.3) is 0 Å². The van der Waals surface area contributed by atoms with Crippen molar-refractivity contribution < 1.29 is 7.65 Å². The van der Waals surface area contributed by atoms with Crippen LogP contribution in [-0.2, 0) is 4.79 Å². The predicted molar refractivity (Wildman–Crippen MR) is 88.3 cm³/mol. The summed E-state index contributed by atoms with van der Waals surface area (Å²) < 4.78 is 0. The average molecular weight is 268 g/mol. The monoisotopic (exact) mass is 268 g/mol. The average Bonchev–Trinajstić information content (AvgIpc) is 2.38. The molecule has 3 N–H and O–H groups in total. The molecule has 0 aromatic heterocycles. The molecule has 0 aliphatic carbocycles. The van der Waals surface area contributed by atoms with Crippen molar-refractivity contribution in [1.82, 2.24) is 0 Å². The molecule has 3 heteroatoms. The molecule has 1 aromatic rings. The SMILES string of the molecule is CC(C)C(=O)Nc1cccc(N)c1.CCC(C)CC.[HH].[HH]. The van der Waals surface area contributed by atoms with Gasteiger partial charge in [-0.1, -0.05) is 53.5 Å². The van der Waals surface area contributed by atoms with E-state index < -0.39 is 0 Å². The Bertz CT molecular complexity index is 380. The lowest BCUT2D eigenvalue weighted by atomic mass is 10.1. The van der Waals surface area contributed by atoms with Crippen LogP contribution in [0.2, 0.25) is 0 Å². The normalized spacial score (nSPS) is 10.1. The summed E-state index contributed by atoms with van der Waals surface area (Å²) >= 11 is 0. The minimum Gasteiger partial charge on any atom is -0.399 e. The minimum absolute atomic E-state index is 0. The number of nitrogens with one attached hydrogen (secondary N) is 1. The van der Waals surface area contributed by atoms with Crippen LogP contribution in [0.25, 0.3) is 0 Å². The lowest BCUT2D eigenvalue weighted by Crippen LogP contribution is -2.17. The fourth-order valence-corrected chi connectivity index (χ4v) is 1.19. The number of hydrogen-bond acceptors (Lipinski definition) is 2. The second-order valence-corrected chi connectivity index (χ2v) is 5.19. The van der Waals surface area contributed by atoms with E-state index in [1.165, 1.54) is 12.8 Å². The summed E-state index contributed by atoms with van der Waals surface area (Å²) in [6.07, 6.45) is 2.66. The van der Waals surface area contributed by atoms with Crippen molar-refractivity contribution in [3.63, 3.8) is 0 Å². The van der Waals surface area contributed by atoms with Crippen molar-refractivity contribution in [3.05, 3.63) is 24.3 Å². The Morgan fingerprint density at radius 3 is 2.21 bits per heavy atom. The van der Waals surface area contributed by atoms with Crippen LogP contribution in [0.3, 0.4) is 0 Å². The number of benzene rings is 1. The Balaban J connectivity index is -0.000000352. The summed E-state index contributed by atoms with van der Waals surface area (Å²) in [4.78, 5) is 11.3. The first-order chi connectivity index (χ1) is 8.90. The van der Waals surface area contributed by atoms with Gasteiger partial charge in [0.15, 0.2) is 0 Å². The van der Waals surface area contributed by atoms with Gasteiger partial charge in [0.1, 0.15) is 0 Å². The minimum atomic E-state index is -0.0126. The topological polar surface area (TPSA) is 55.1 Å². The zero-order valence-corrected chi connectivity index (χ0v) is 12.9. The van der Waals surface area contributed by atoms with Crippen molar-refractivity contribution in [2.24, 2.45) is 11.8 Å². The largest absolute Gasteiger partial charge is 0.399 e. The first-order valence-electron chi connectivity index (χ1n) is 7.07. The highest BCUT2D eigenvalue weighted by molar-refractivity contribution is 5.92. The molecule has 0 unspecified atom stereocenters.